The van der Waals surface area contributed by atoms with Crippen molar-refractivity contribution in [2.45, 2.75) is 31.8 Å². The van der Waals surface area contributed by atoms with Crippen molar-refractivity contribution in [3.63, 3.8) is 0 Å². The second-order valence-electron chi connectivity index (χ2n) is 6.05. The molecule has 0 aliphatic carbocycles. The Morgan fingerprint density at radius 2 is 1.88 bits per heavy atom. The van der Waals surface area contributed by atoms with E-state index in [4.69, 9.17) is 0 Å². The summed E-state index contributed by atoms with van der Waals surface area (Å²) < 4.78 is 27.2. The third kappa shape index (κ3) is 4.02. The van der Waals surface area contributed by atoms with Crippen molar-refractivity contribution in [1.82, 2.24) is 4.90 Å². The molecule has 1 saturated heterocycles. The largest absolute Gasteiger partial charge is 0.335 e. The quantitative estimate of drug-likeness (QED) is 0.903. The van der Waals surface area contributed by atoms with E-state index >= 15 is 0 Å². The normalized spacial score (nSPS) is 17.0. The van der Waals surface area contributed by atoms with Crippen LogP contribution in [0.25, 0.3) is 0 Å². The van der Waals surface area contributed by atoms with Gasteiger partial charge in [0.25, 0.3) is 0 Å². The van der Waals surface area contributed by atoms with E-state index in [2.05, 4.69) is 5.32 Å². The highest BCUT2D eigenvalue weighted by molar-refractivity contribution is 5.92. The molecular weight excluding hydrogens is 326 g/mol. The third-order valence-electron chi connectivity index (χ3n) is 4.30. The minimum Gasteiger partial charge on any atom is -0.335 e. The number of nitrogens with one attached hydrogen (secondary N) is 1. The number of para-hydroxylation sites is 1. The zero-order valence-corrected chi connectivity index (χ0v) is 13.5. The van der Waals surface area contributed by atoms with Crippen LogP contribution in [0, 0.1) is 11.6 Å². The average Bonchev–Trinajstić information content (AvgIpc) is 2.93. The second-order valence-corrected chi connectivity index (χ2v) is 6.05. The lowest BCUT2D eigenvalue weighted by atomic mass is 10.1. The summed E-state index contributed by atoms with van der Waals surface area (Å²) >= 11 is 0. The number of carbonyl (C=O) groups excluding carboxylic acids is 2. The van der Waals surface area contributed by atoms with Crippen LogP contribution in [0.4, 0.5) is 14.5 Å². The molecule has 0 bridgehead atoms. The molecular formula is C19H18F2N2O2. The lowest BCUT2D eigenvalue weighted by molar-refractivity contribution is -0.130. The van der Waals surface area contributed by atoms with Crippen LogP contribution in [0.5, 0.6) is 0 Å². The summed E-state index contributed by atoms with van der Waals surface area (Å²) in [6.07, 6.45) is 0.954. The smallest absolute Gasteiger partial charge is 0.226 e. The molecule has 2 aromatic rings. The molecule has 1 atom stereocenters. The van der Waals surface area contributed by atoms with E-state index in [1.165, 1.54) is 17.0 Å². The third-order valence-corrected chi connectivity index (χ3v) is 4.30. The summed E-state index contributed by atoms with van der Waals surface area (Å²) in [6.45, 7) is -0.0360. The number of nitrogens with zero attached hydrogens (tertiary/aromatic N) is 1. The van der Waals surface area contributed by atoms with Crippen molar-refractivity contribution in [3.8, 4) is 0 Å². The Morgan fingerprint density at radius 3 is 2.64 bits per heavy atom. The monoisotopic (exact) mass is 344 g/mol. The Kier molecular flexibility index (Phi) is 5.07. The molecule has 2 aromatic carbocycles. The number of carbonyl (C=O) groups is 2. The molecule has 0 spiro atoms. The topological polar surface area (TPSA) is 49.4 Å². The van der Waals surface area contributed by atoms with Crippen LogP contribution in [0.15, 0.2) is 48.5 Å². The van der Waals surface area contributed by atoms with E-state index in [-0.39, 0.29) is 36.4 Å². The lowest BCUT2D eigenvalue weighted by Crippen LogP contribution is -2.35. The minimum atomic E-state index is -0.949. The number of hydrogen-bond acceptors (Lipinski definition) is 2. The van der Waals surface area contributed by atoms with Gasteiger partial charge in [-0.2, -0.15) is 0 Å². The SMILES string of the molecule is O=C(CC1CCC(=O)N1Cc1cccc(F)c1F)Nc1ccccc1. The van der Waals surface area contributed by atoms with Gasteiger partial charge in [-0.25, -0.2) is 8.78 Å². The van der Waals surface area contributed by atoms with Crippen molar-refractivity contribution in [3.05, 3.63) is 65.7 Å². The summed E-state index contributed by atoms with van der Waals surface area (Å²) in [6, 6.07) is 12.6. The van der Waals surface area contributed by atoms with Crippen LogP contribution in [-0.2, 0) is 16.1 Å². The first-order valence-electron chi connectivity index (χ1n) is 8.12. The number of anilines is 1. The molecule has 0 radical (unpaired) electrons. The van der Waals surface area contributed by atoms with Gasteiger partial charge in [0, 0.05) is 36.7 Å². The molecule has 0 aromatic heterocycles. The molecule has 1 aliphatic heterocycles. The van der Waals surface area contributed by atoms with E-state index in [1.54, 1.807) is 12.1 Å². The van der Waals surface area contributed by atoms with Crippen LogP contribution in [0.1, 0.15) is 24.8 Å². The highest BCUT2D eigenvalue weighted by Crippen LogP contribution is 2.25. The molecule has 25 heavy (non-hydrogen) atoms. The van der Waals surface area contributed by atoms with Gasteiger partial charge >= 0.3 is 0 Å². The van der Waals surface area contributed by atoms with Crippen molar-refractivity contribution in [2.75, 3.05) is 5.32 Å². The molecule has 1 fully saturated rings. The van der Waals surface area contributed by atoms with Gasteiger partial charge in [0.05, 0.1) is 0 Å². The molecule has 4 nitrogen and oxygen atoms in total. The van der Waals surface area contributed by atoms with Gasteiger partial charge in [0.2, 0.25) is 11.8 Å². The Bertz CT molecular complexity index is 780. The van der Waals surface area contributed by atoms with E-state index in [1.807, 2.05) is 18.2 Å². The molecule has 1 heterocycles. The molecule has 6 heteroatoms. The number of amides is 2. The predicted octanol–water partition coefficient (Wildman–Crippen LogP) is 3.48. The number of likely N-dealkylation sites (tertiary alicyclic amines) is 1. The molecule has 1 N–H and O–H groups in total. The zero-order chi connectivity index (χ0) is 17.8. The highest BCUT2D eigenvalue weighted by Gasteiger charge is 2.33. The second kappa shape index (κ2) is 7.42. The fourth-order valence-electron chi connectivity index (χ4n) is 3.02. The van der Waals surface area contributed by atoms with Crippen LogP contribution in [-0.4, -0.2) is 22.8 Å². The first-order chi connectivity index (χ1) is 12.0. The summed E-state index contributed by atoms with van der Waals surface area (Å²) in [5.74, 6) is -2.26. The van der Waals surface area contributed by atoms with Crippen LogP contribution < -0.4 is 5.32 Å². The zero-order valence-electron chi connectivity index (χ0n) is 13.5. The fourth-order valence-corrected chi connectivity index (χ4v) is 3.02. The van der Waals surface area contributed by atoms with Gasteiger partial charge in [-0.3, -0.25) is 9.59 Å². The summed E-state index contributed by atoms with van der Waals surface area (Å²) in [7, 11) is 0. The number of benzene rings is 2. The van der Waals surface area contributed by atoms with Crippen molar-refractivity contribution in [2.24, 2.45) is 0 Å². The minimum absolute atomic E-state index is 0.0360. The first kappa shape index (κ1) is 17.1. The number of hydrogen-bond donors (Lipinski definition) is 1. The number of halogens is 2. The average molecular weight is 344 g/mol. The van der Waals surface area contributed by atoms with Gasteiger partial charge in [-0.1, -0.05) is 30.3 Å². The summed E-state index contributed by atoms with van der Waals surface area (Å²) in [5.41, 5.74) is 0.795. The molecule has 3 rings (SSSR count). The van der Waals surface area contributed by atoms with Crippen LogP contribution in [0.2, 0.25) is 0 Å². The highest BCUT2D eigenvalue weighted by atomic mass is 19.2. The Morgan fingerprint density at radius 1 is 1.12 bits per heavy atom. The van der Waals surface area contributed by atoms with E-state index in [0.29, 0.717) is 18.5 Å². The van der Waals surface area contributed by atoms with E-state index < -0.39 is 11.6 Å². The summed E-state index contributed by atoms with van der Waals surface area (Å²) in [5, 5.41) is 2.78. The predicted molar refractivity (Wildman–Crippen MR) is 89.6 cm³/mol. The van der Waals surface area contributed by atoms with Gasteiger partial charge in [-0.15, -0.1) is 0 Å². The lowest BCUT2D eigenvalue weighted by Gasteiger charge is -2.25. The van der Waals surface area contributed by atoms with E-state index in [0.717, 1.165) is 6.07 Å². The Balaban J connectivity index is 1.67. The Hall–Kier alpha value is -2.76. The number of rotatable bonds is 5. The molecule has 0 saturated carbocycles. The molecule has 1 aliphatic rings. The maximum Gasteiger partial charge on any atom is 0.226 e. The van der Waals surface area contributed by atoms with Crippen LogP contribution in [0.3, 0.4) is 0 Å². The van der Waals surface area contributed by atoms with Gasteiger partial charge in [0.15, 0.2) is 11.6 Å². The van der Waals surface area contributed by atoms with Crippen molar-refractivity contribution < 1.29 is 18.4 Å². The molecule has 1 unspecified atom stereocenters. The first-order valence-corrected chi connectivity index (χ1v) is 8.12. The van der Waals surface area contributed by atoms with Gasteiger partial charge in [0.1, 0.15) is 0 Å². The molecule has 130 valence electrons. The summed E-state index contributed by atoms with van der Waals surface area (Å²) in [4.78, 5) is 25.8. The maximum absolute atomic E-state index is 13.9. The fraction of sp³-hybridized carbons (Fsp3) is 0.263. The standard InChI is InChI=1S/C19H18F2N2O2/c20-16-8-4-5-13(19(16)21)12-23-15(9-10-18(23)25)11-17(24)22-14-6-2-1-3-7-14/h1-8,15H,9-12H2,(H,22,24). The van der Waals surface area contributed by atoms with Crippen LogP contribution >= 0.6 is 0 Å². The molecule has 2 amide bonds. The van der Waals surface area contributed by atoms with E-state index in [9.17, 15) is 18.4 Å². The van der Waals surface area contributed by atoms with Gasteiger partial charge in [-0.05, 0) is 24.6 Å². The Labute approximate surface area is 144 Å². The van der Waals surface area contributed by atoms with Crippen molar-refractivity contribution >= 4 is 17.5 Å². The maximum atomic E-state index is 13.9. The van der Waals surface area contributed by atoms with Crippen molar-refractivity contribution in [1.29, 1.82) is 0 Å². The van der Waals surface area contributed by atoms with Gasteiger partial charge < -0.3 is 10.2 Å².